The van der Waals surface area contributed by atoms with Crippen molar-refractivity contribution in [2.75, 3.05) is 39.8 Å². The number of hydrogen-bond acceptors (Lipinski definition) is 3. The molecule has 0 aromatic heterocycles. The van der Waals surface area contributed by atoms with E-state index < -0.39 is 0 Å². The van der Waals surface area contributed by atoms with Gasteiger partial charge in [-0.05, 0) is 26.5 Å². The third kappa shape index (κ3) is 3.67. The van der Waals surface area contributed by atoms with Crippen LogP contribution in [0.1, 0.15) is 19.4 Å². The maximum Gasteiger partial charge on any atom is 0.317 e. The van der Waals surface area contributed by atoms with E-state index in [2.05, 4.69) is 36.0 Å². The van der Waals surface area contributed by atoms with E-state index in [4.69, 9.17) is 0 Å². The minimum atomic E-state index is 0.0360. The normalized spacial score (nSPS) is 25.0. The van der Waals surface area contributed by atoms with Gasteiger partial charge in [-0.2, -0.15) is 0 Å². The number of amides is 2. The van der Waals surface area contributed by atoms with Crippen molar-refractivity contribution in [3.8, 4) is 0 Å². The molecule has 3 rings (SSSR count). The number of piperazine rings is 2. The molecule has 2 saturated heterocycles. The van der Waals surface area contributed by atoms with Crippen molar-refractivity contribution in [3.05, 3.63) is 35.9 Å². The predicted octanol–water partition coefficient (Wildman–Crippen LogP) is 1.61. The van der Waals surface area contributed by atoms with Crippen LogP contribution in [-0.4, -0.2) is 72.1 Å². The molecule has 5 heteroatoms. The maximum atomic E-state index is 12.6. The fraction of sp³-hybridized carbons (Fsp3) is 0.611. The zero-order valence-corrected chi connectivity index (χ0v) is 14.5. The van der Waals surface area contributed by atoms with Gasteiger partial charge in [-0.25, -0.2) is 4.79 Å². The minimum Gasteiger partial charge on any atom is -0.334 e. The van der Waals surface area contributed by atoms with Crippen LogP contribution < -0.4 is 5.32 Å². The van der Waals surface area contributed by atoms with Crippen LogP contribution in [0.25, 0.3) is 0 Å². The number of rotatable bonds is 2. The quantitative estimate of drug-likeness (QED) is 0.901. The van der Waals surface area contributed by atoms with Gasteiger partial charge in [0.25, 0.3) is 0 Å². The lowest BCUT2D eigenvalue weighted by molar-refractivity contribution is -0.0472. The minimum absolute atomic E-state index is 0.0360. The molecule has 0 radical (unpaired) electrons. The summed E-state index contributed by atoms with van der Waals surface area (Å²) in [6.07, 6.45) is 0. The largest absolute Gasteiger partial charge is 0.334 e. The Morgan fingerprint density at radius 1 is 1.22 bits per heavy atom. The Morgan fingerprint density at radius 3 is 2.70 bits per heavy atom. The lowest BCUT2D eigenvalue weighted by Crippen LogP contribution is -2.70. The lowest BCUT2D eigenvalue weighted by atomic mass is 9.93. The molecule has 0 spiro atoms. The third-order valence-electron chi connectivity index (χ3n) is 5.05. The van der Waals surface area contributed by atoms with E-state index in [1.54, 1.807) is 0 Å². The molecular formula is C18H28N4O. The van der Waals surface area contributed by atoms with E-state index in [0.717, 1.165) is 38.3 Å². The number of nitrogens with one attached hydrogen (secondary N) is 1. The molecule has 23 heavy (non-hydrogen) atoms. The number of benzene rings is 1. The van der Waals surface area contributed by atoms with E-state index >= 15 is 0 Å². The highest BCUT2D eigenvalue weighted by molar-refractivity contribution is 5.74. The van der Waals surface area contributed by atoms with Crippen LogP contribution in [0.2, 0.25) is 0 Å². The van der Waals surface area contributed by atoms with Gasteiger partial charge in [0.15, 0.2) is 0 Å². The molecule has 1 aromatic carbocycles. The van der Waals surface area contributed by atoms with E-state index in [-0.39, 0.29) is 11.6 Å². The Labute approximate surface area is 139 Å². The molecule has 1 atom stereocenters. The standard InChI is InChI=1S/C18H28N4O/c1-18(2)14-21(13-16-12-20(3)9-10-22(16)18)17(23)19-11-15-7-5-4-6-8-15/h4-8,16H,9-14H2,1-3H3,(H,19,23). The number of hydrogen-bond donors (Lipinski definition) is 1. The molecule has 2 fully saturated rings. The molecule has 126 valence electrons. The van der Waals surface area contributed by atoms with Crippen LogP contribution in [0.5, 0.6) is 0 Å². The zero-order valence-electron chi connectivity index (χ0n) is 14.5. The van der Waals surface area contributed by atoms with Gasteiger partial charge in [0, 0.05) is 50.8 Å². The Balaban J connectivity index is 1.62. The molecule has 1 N–H and O–H groups in total. The number of carbonyl (C=O) groups is 1. The molecule has 0 saturated carbocycles. The van der Waals surface area contributed by atoms with Crippen LogP contribution in [0.3, 0.4) is 0 Å². The number of likely N-dealkylation sites (N-methyl/N-ethyl adjacent to an activating group) is 1. The molecule has 1 unspecified atom stereocenters. The number of carbonyl (C=O) groups excluding carboxylic acids is 1. The van der Waals surface area contributed by atoms with Crippen molar-refractivity contribution in [3.63, 3.8) is 0 Å². The number of fused-ring (bicyclic) bond motifs is 1. The summed E-state index contributed by atoms with van der Waals surface area (Å²) in [4.78, 5) is 19.5. The van der Waals surface area contributed by atoms with Gasteiger partial charge in [0.2, 0.25) is 0 Å². The van der Waals surface area contributed by atoms with E-state index in [1.165, 1.54) is 0 Å². The average molecular weight is 316 g/mol. The maximum absolute atomic E-state index is 12.6. The zero-order chi connectivity index (χ0) is 16.4. The van der Waals surface area contributed by atoms with Crippen molar-refractivity contribution in [1.29, 1.82) is 0 Å². The summed E-state index contributed by atoms with van der Waals surface area (Å²) in [7, 11) is 2.17. The molecular weight excluding hydrogens is 288 g/mol. The molecule has 2 heterocycles. The molecule has 0 bridgehead atoms. The second-order valence-electron chi connectivity index (χ2n) is 7.45. The first-order chi connectivity index (χ1) is 11.0. The predicted molar refractivity (Wildman–Crippen MR) is 92.3 cm³/mol. The van der Waals surface area contributed by atoms with Gasteiger partial charge in [0.05, 0.1) is 0 Å². The highest BCUT2D eigenvalue weighted by atomic mass is 16.2. The number of urea groups is 1. The fourth-order valence-corrected chi connectivity index (χ4v) is 3.88. The van der Waals surface area contributed by atoms with Gasteiger partial charge in [-0.3, -0.25) is 4.90 Å². The van der Waals surface area contributed by atoms with Gasteiger partial charge in [-0.15, -0.1) is 0 Å². The average Bonchev–Trinajstić information content (AvgIpc) is 2.52. The Morgan fingerprint density at radius 2 is 1.96 bits per heavy atom. The summed E-state index contributed by atoms with van der Waals surface area (Å²) < 4.78 is 0. The monoisotopic (exact) mass is 316 g/mol. The summed E-state index contributed by atoms with van der Waals surface area (Å²) >= 11 is 0. The van der Waals surface area contributed by atoms with Crippen molar-refractivity contribution in [2.45, 2.75) is 32.0 Å². The smallest absolute Gasteiger partial charge is 0.317 e. The first kappa shape index (κ1) is 16.3. The van der Waals surface area contributed by atoms with Crippen LogP contribution in [0.4, 0.5) is 4.79 Å². The summed E-state index contributed by atoms with van der Waals surface area (Å²) in [5.74, 6) is 0. The van der Waals surface area contributed by atoms with E-state index in [1.807, 2.05) is 35.2 Å². The topological polar surface area (TPSA) is 38.8 Å². The lowest BCUT2D eigenvalue weighted by Gasteiger charge is -2.55. The van der Waals surface area contributed by atoms with Crippen LogP contribution in [0, 0.1) is 0 Å². The van der Waals surface area contributed by atoms with Gasteiger partial charge in [0.1, 0.15) is 0 Å². The molecule has 2 amide bonds. The Kier molecular flexibility index (Phi) is 4.60. The van der Waals surface area contributed by atoms with E-state index in [9.17, 15) is 4.79 Å². The van der Waals surface area contributed by atoms with Crippen molar-refractivity contribution >= 4 is 6.03 Å². The second-order valence-corrected chi connectivity index (χ2v) is 7.45. The molecule has 2 aliphatic heterocycles. The SMILES string of the molecule is CN1CCN2C(C1)CN(C(=O)NCc1ccccc1)CC2(C)C. The third-order valence-corrected chi connectivity index (χ3v) is 5.05. The van der Waals surface area contributed by atoms with Crippen LogP contribution in [0.15, 0.2) is 30.3 Å². The highest BCUT2D eigenvalue weighted by Gasteiger charge is 2.43. The van der Waals surface area contributed by atoms with Crippen molar-refractivity contribution in [1.82, 2.24) is 20.0 Å². The van der Waals surface area contributed by atoms with Crippen LogP contribution >= 0.6 is 0 Å². The summed E-state index contributed by atoms with van der Waals surface area (Å²) in [5.41, 5.74) is 1.17. The fourth-order valence-electron chi connectivity index (χ4n) is 3.88. The van der Waals surface area contributed by atoms with Gasteiger partial charge < -0.3 is 15.1 Å². The molecule has 1 aromatic rings. The van der Waals surface area contributed by atoms with Gasteiger partial charge in [-0.1, -0.05) is 30.3 Å². The second kappa shape index (κ2) is 6.49. The first-order valence-electron chi connectivity index (χ1n) is 8.48. The Hall–Kier alpha value is -1.59. The summed E-state index contributed by atoms with van der Waals surface area (Å²) in [6, 6.07) is 10.6. The van der Waals surface area contributed by atoms with E-state index in [0.29, 0.717) is 12.6 Å². The molecule has 5 nitrogen and oxygen atoms in total. The first-order valence-corrected chi connectivity index (χ1v) is 8.48. The summed E-state index contributed by atoms with van der Waals surface area (Å²) in [6.45, 7) is 9.93. The highest BCUT2D eigenvalue weighted by Crippen LogP contribution is 2.27. The van der Waals surface area contributed by atoms with Crippen molar-refractivity contribution in [2.24, 2.45) is 0 Å². The summed E-state index contributed by atoms with van der Waals surface area (Å²) in [5, 5.41) is 3.07. The molecule has 0 aliphatic carbocycles. The molecule has 2 aliphatic rings. The van der Waals surface area contributed by atoms with Crippen LogP contribution in [-0.2, 0) is 6.54 Å². The number of nitrogens with zero attached hydrogens (tertiary/aromatic N) is 3. The van der Waals surface area contributed by atoms with Gasteiger partial charge >= 0.3 is 6.03 Å². The van der Waals surface area contributed by atoms with Crippen molar-refractivity contribution < 1.29 is 4.79 Å². The Bertz CT molecular complexity index is 545.